The zero-order valence-electron chi connectivity index (χ0n) is 7.74. The van der Waals surface area contributed by atoms with E-state index in [2.05, 4.69) is 11.4 Å². The van der Waals surface area contributed by atoms with Crippen LogP contribution < -0.4 is 5.32 Å². The number of carbonyl (C=O) groups excluding carboxylic acids is 1. The summed E-state index contributed by atoms with van der Waals surface area (Å²) in [5.41, 5.74) is 0. The smallest absolute Gasteiger partial charge is 0.147 e. The monoisotopic (exact) mass is 215 g/mol. The Morgan fingerprint density at radius 3 is 3.00 bits per heavy atom. The number of hydrogen-bond donors (Lipinski definition) is 1. The van der Waals surface area contributed by atoms with E-state index in [1.165, 1.54) is 4.21 Å². The van der Waals surface area contributed by atoms with Crippen molar-refractivity contribution in [1.82, 2.24) is 5.32 Å². The van der Waals surface area contributed by atoms with Crippen molar-refractivity contribution < 1.29 is 4.79 Å². The van der Waals surface area contributed by atoms with Crippen LogP contribution >= 0.6 is 23.1 Å². The minimum Gasteiger partial charge on any atom is -0.310 e. The molecule has 0 aliphatic rings. The quantitative estimate of drug-likeness (QED) is 0.762. The molecule has 0 aliphatic carbocycles. The van der Waals surface area contributed by atoms with E-state index in [9.17, 15) is 4.79 Å². The third-order valence-corrected chi connectivity index (χ3v) is 3.95. The standard InChI is InChI=1S/C9H13NOS2/c1-7(11)8(10-2)6-13-9-4-3-5-12-9/h3-5,8,10H,6H2,1-2H3. The number of rotatable bonds is 5. The highest BCUT2D eigenvalue weighted by Gasteiger charge is 2.11. The molecule has 1 heterocycles. The molecule has 4 heteroatoms. The summed E-state index contributed by atoms with van der Waals surface area (Å²) in [4.78, 5) is 11.1. The molecule has 0 fully saturated rings. The number of Topliss-reactive ketones (excluding diaryl/α,β-unsaturated/α-hetero) is 1. The van der Waals surface area contributed by atoms with Gasteiger partial charge in [-0.15, -0.1) is 23.1 Å². The molecule has 0 saturated carbocycles. The van der Waals surface area contributed by atoms with Gasteiger partial charge >= 0.3 is 0 Å². The van der Waals surface area contributed by atoms with E-state index in [0.29, 0.717) is 0 Å². The van der Waals surface area contributed by atoms with Gasteiger partial charge in [-0.25, -0.2) is 0 Å². The highest BCUT2D eigenvalue weighted by molar-refractivity contribution is 8.01. The fraction of sp³-hybridized carbons (Fsp3) is 0.444. The highest BCUT2D eigenvalue weighted by Crippen LogP contribution is 2.23. The normalized spacial score (nSPS) is 12.8. The van der Waals surface area contributed by atoms with Crippen LogP contribution in [-0.2, 0) is 4.79 Å². The predicted molar refractivity (Wildman–Crippen MR) is 58.6 cm³/mol. The molecule has 1 atom stereocenters. The van der Waals surface area contributed by atoms with Crippen LogP contribution in [0.15, 0.2) is 21.7 Å². The molecule has 1 rings (SSSR count). The maximum absolute atomic E-state index is 11.1. The predicted octanol–water partition coefficient (Wildman–Crippen LogP) is 2.02. The van der Waals surface area contributed by atoms with Crippen molar-refractivity contribution in [3.8, 4) is 0 Å². The van der Waals surface area contributed by atoms with E-state index >= 15 is 0 Å². The first-order valence-electron chi connectivity index (χ1n) is 4.08. The van der Waals surface area contributed by atoms with E-state index in [0.717, 1.165) is 5.75 Å². The molecule has 1 aromatic heterocycles. The maximum Gasteiger partial charge on any atom is 0.147 e. The summed E-state index contributed by atoms with van der Waals surface area (Å²) < 4.78 is 1.27. The number of hydrogen-bond acceptors (Lipinski definition) is 4. The van der Waals surface area contributed by atoms with Gasteiger partial charge in [0.2, 0.25) is 0 Å². The Kier molecular flexibility index (Phi) is 4.48. The first-order valence-corrected chi connectivity index (χ1v) is 5.94. The molecule has 0 spiro atoms. The van der Waals surface area contributed by atoms with Crippen LogP contribution in [0.25, 0.3) is 0 Å². The van der Waals surface area contributed by atoms with Crippen molar-refractivity contribution in [1.29, 1.82) is 0 Å². The lowest BCUT2D eigenvalue weighted by molar-refractivity contribution is -0.118. The molecule has 0 amide bonds. The van der Waals surface area contributed by atoms with Gasteiger partial charge in [0.05, 0.1) is 10.3 Å². The van der Waals surface area contributed by atoms with Gasteiger partial charge in [-0.2, -0.15) is 0 Å². The van der Waals surface area contributed by atoms with Gasteiger partial charge in [0, 0.05) is 5.75 Å². The fourth-order valence-corrected chi connectivity index (χ4v) is 2.91. The number of nitrogens with one attached hydrogen (secondary N) is 1. The number of thioether (sulfide) groups is 1. The molecule has 1 N–H and O–H groups in total. The summed E-state index contributed by atoms with van der Waals surface area (Å²) in [5, 5.41) is 5.04. The Labute approximate surface area is 86.7 Å². The molecule has 1 unspecified atom stereocenters. The summed E-state index contributed by atoms with van der Waals surface area (Å²) >= 11 is 3.43. The molecule has 2 nitrogen and oxygen atoms in total. The number of likely N-dealkylation sites (N-methyl/N-ethyl adjacent to an activating group) is 1. The highest BCUT2D eigenvalue weighted by atomic mass is 32.2. The van der Waals surface area contributed by atoms with E-state index in [-0.39, 0.29) is 11.8 Å². The van der Waals surface area contributed by atoms with E-state index in [1.54, 1.807) is 30.0 Å². The van der Waals surface area contributed by atoms with Gasteiger partial charge in [-0.1, -0.05) is 6.07 Å². The van der Waals surface area contributed by atoms with Crippen molar-refractivity contribution in [3.63, 3.8) is 0 Å². The Hall–Kier alpha value is -0.320. The van der Waals surface area contributed by atoms with Gasteiger partial charge in [0.15, 0.2) is 0 Å². The van der Waals surface area contributed by atoms with Gasteiger partial charge in [-0.05, 0) is 25.4 Å². The van der Waals surface area contributed by atoms with Crippen molar-refractivity contribution in [2.75, 3.05) is 12.8 Å². The first kappa shape index (κ1) is 10.8. The second-order valence-corrected chi connectivity index (χ2v) is 4.96. The molecule has 0 aliphatic heterocycles. The van der Waals surface area contributed by atoms with Gasteiger partial charge in [-0.3, -0.25) is 4.79 Å². The zero-order chi connectivity index (χ0) is 9.68. The van der Waals surface area contributed by atoms with Gasteiger partial charge in [0.25, 0.3) is 0 Å². The molecule has 0 radical (unpaired) electrons. The Balaban J connectivity index is 2.36. The Morgan fingerprint density at radius 1 is 1.77 bits per heavy atom. The van der Waals surface area contributed by atoms with Crippen molar-refractivity contribution in [2.24, 2.45) is 0 Å². The van der Waals surface area contributed by atoms with Crippen molar-refractivity contribution >= 4 is 28.9 Å². The van der Waals surface area contributed by atoms with E-state index in [4.69, 9.17) is 0 Å². The number of carbonyl (C=O) groups is 1. The second-order valence-electron chi connectivity index (χ2n) is 2.70. The zero-order valence-corrected chi connectivity index (χ0v) is 9.37. The number of ketones is 1. The van der Waals surface area contributed by atoms with Crippen LogP contribution in [0.1, 0.15) is 6.92 Å². The van der Waals surface area contributed by atoms with Crippen molar-refractivity contribution in [3.05, 3.63) is 17.5 Å². The maximum atomic E-state index is 11.1. The molecule has 72 valence electrons. The average Bonchev–Trinajstić information content (AvgIpc) is 2.57. The molecule has 13 heavy (non-hydrogen) atoms. The van der Waals surface area contributed by atoms with E-state index in [1.807, 2.05) is 18.5 Å². The minimum absolute atomic E-state index is 0.0212. The van der Waals surface area contributed by atoms with Crippen LogP contribution in [0.3, 0.4) is 0 Å². The van der Waals surface area contributed by atoms with Gasteiger partial charge < -0.3 is 5.32 Å². The lowest BCUT2D eigenvalue weighted by Crippen LogP contribution is -2.34. The van der Waals surface area contributed by atoms with Crippen LogP contribution in [0, 0.1) is 0 Å². The SMILES string of the molecule is CNC(CSc1cccs1)C(C)=O. The third-order valence-electron chi connectivity index (χ3n) is 1.73. The summed E-state index contributed by atoms with van der Waals surface area (Å²) in [6.07, 6.45) is 0. The summed E-state index contributed by atoms with van der Waals surface area (Å²) in [7, 11) is 1.82. The fourth-order valence-electron chi connectivity index (χ4n) is 0.915. The Morgan fingerprint density at radius 2 is 2.54 bits per heavy atom. The topological polar surface area (TPSA) is 29.1 Å². The summed E-state index contributed by atoms with van der Waals surface area (Å²) in [6, 6.07) is 4.07. The molecule has 1 aromatic rings. The molecule has 0 aromatic carbocycles. The molecular formula is C9H13NOS2. The molecule has 0 saturated heterocycles. The van der Waals surface area contributed by atoms with Crippen molar-refractivity contribution in [2.45, 2.75) is 17.2 Å². The van der Waals surface area contributed by atoms with Crippen LogP contribution in [0.5, 0.6) is 0 Å². The van der Waals surface area contributed by atoms with Crippen LogP contribution in [0.4, 0.5) is 0 Å². The van der Waals surface area contributed by atoms with E-state index < -0.39 is 0 Å². The third kappa shape index (κ3) is 3.50. The Bertz CT molecular complexity index is 259. The second kappa shape index (κ2) is 5.42. The first-order chi connectivity index (χ1) is 6.24. The lowest BCUT2D eigenvalue weighted by Gasteiger charge is -2.10. The average molecular weight is 215 g/mol. The largest absolute Gasteiger partial charge is 0.310 e. The molecular weight excluding hydrogens is 202 g/mol. The number of thiophene rings is 1. The van der Waals surface area contributed by atoms with Gasteiger partial charge in [0.1, 0.15) is 5.78 Å². The van der Waals surface area contributed by atoms with Crippen LogP contribution in [0.2, 0.25) is 0 Å². The minimum atomic E-state index is -0.0212. The van der Waals surface area contributed by atoms with Crippen LogP contribution in [-0.4, -0.2) is 24.6 Å². The lowest BCUT2D eigenvalue weighted by atomic mass is 10.2. The molecule has 0 bridgehead atoms. The summed E-state index contributed by atoms with van der Waals surface area (Å²) in [6.45, 7) is 1.62. The summed E-state index contributed by atoms with van der Waals surface area (Å²) in [5.74, 6) is 1.01.